The molecule has 0 aliphatic carbocycles. The molecule has 1 aliphatic heterocycles. The van der Waals surface area contributed by atoms with Crippen LogP contribution in [0.4, 0.5) is 0 Å². The van der Waals surface area contributed by atoms with Gasteiger partial charge >= 0.3 is 0 Å². The van der Waals surface area contributed by atoms with Crippen molar-refractivity contribution < 1.29 is 14.6 Å². The standard InChI is InChI=1S/C5H8O3/c6-4-5-7-2-1-3-8-5/h1-2,5-6H,3-4H2. The molecule has 0 amide bonds. The summed E-state index contributed by atoms with van der Waals surface area (Å²) in [6.45, 7) is 0.454. The Hall–Kier alpha value is -0.540. The third kappa shape index (κ3) is 1.21. The maximum Gasteiger partial charge on any atom is 0.222 e. The van der Waals surface area contributed by atoms with E-state index in [0.29, 0.717) is 6.61 Å². The molecular weight excluding hydrogens is 108 g/mol. The van der Waals surface area contributed by atoms with Crippen LogP contribution in [0, 0.1) is 0 Å². The second-order valence-electron chi connectivity index (χ2n) is 1.45. The maximum atomic E-state index is 8.41. The Kier molecular flexibility index (Phi) is 1.88. The first kappa shape index (κ1) is 5.59. The molecule has 0 aromatic rings. The van der Waals surface area contributed by atoms with E-state index in [1.165, 1.54) is 6.26 Å². The van der Waals surface area contributed by atoms with Crippen molar-refractivity contribution in [3.05, 3.63) is 12.3 Å². The molecule has 0 saturated heterocycles. The molecule has 1 heterocycles. The fourth-order valence-electron chi connectivity index (χ4n) is 0.480. The van der Waals surface area contributed by atoms with E-state index < -0.39 is 6.29 Å². The van der Waals surface area contributed by atoms with Crippen molar-refractivity contribution in [3.8, 4) is 0 Å². The Morgan fingerprint density at radius 3 is 3.00 bits per heavy atom. The highest BCUT2D eigenvalue weighted by atomic mass is 16.7. The minimum atomic E-state index is -0.444. The van der Waals surface area contributed by atoms with Crippen molar-refractivity contribution in [2.75, 3.05) is 13.2 Å². The number of hydrogen-bond donors (Lipinski definition) is 1. The third-order valence-electron chi connectivity index (χ3n) is 0.854. The highest BCUT2D eigenvalue weighted by Crippen LogP contribution is 1.99. The average Bonchev–Trinajstić information content (AvgIpc) is 1.90. The summed E-state index contributed by atoms with van der Waals surface area (Å²) >= 11 is 0. The number of rotatable bonds is 1. The molecule has 1 N–H and O–H groups in total. The zero-order valence-electron chi connectivity index (χ0n) is 4.41. The molecule has 1 unspecified atom stereocenters. The van der Waals surface area contributed by atoms with Crippen LogP contribution in [0.5, 0.6) is 0 Å². The fourth-order valence-corrected chi connectivity index (χ4v) is 0.480. The maximum absolute atomic E-state index is 8.41. The summed E-state index contributed by atoms with van der Waals surface area (Å²) in [6, 6.07) is 0. The molecule has 8 heavy (non-hydrogen) atoms. The van der Waals surface area contributed by atoms with Crippen molar-refractivity contribution in [2.45, 2.75) is 6.29 Å². The smallest absolute Gasteiger partial charge is 0.222 e. The molecule has 0 radical (unpaired) electrons. The molecule has 46 valence electrons. The Bertz CT molecular complexity index is 89.7. The first-order valence-electron chi connectivity index (χ1n) is 2.46. The Labute approximate surface area is 47.5 Å². The molecular formula is C5H8O3. The van der Waals surface area contributed by atoms with Gasteiger partial charge in [-0.05, 0) is 6.08 Å². The molecule has 0 bridgehead atoms. The van der Waals surface area contributed by atoms with Crippen molar-refractivity contribution >= 4 is 0 Å². The molecule has 0 aromatic heterocycles. The van der Waals surface area contributed by atoms with Crippen LogP contribution in [-0.4, -0.2) is 24.6 Å². The Morgan fingerprint density at radius 1 is 1.75 bits per heavy atom. The van der Waals surface area contributed by atoms with Gasteiger partial charge in [0, 0.05) is 0 Å². The predicted molar refractivity (Wildman–Crippen MR) is 27.1 cm³/mol. The van der Waals surface area contributed by atoms with Crippen molar-refractivity contribution in [2.24, 2.45) is 0 Å². The first-order valence-corrected chi connectivity index (χ1v) is 2.46. The highest BCUT2D eigenvalue weighted by Gasteiger charge is 2.07. The summed E-state index contributed by atoms with van der Waals surface area (Å²) in [6.07, 6.45) is 2.83. The van der Waals surface area contributed by atoms with E-state index in [-0.39, 0.29) is 6.61 Å². The van der Waals surface area contributed by atoms with Gasteiger partial charge in [0.15, 0.2) is 0 Å². The zero-order valence-corrected chi connectivity index (χ0v) is 4.41. The van der Waals surface area contributed by atoms with Crippen LogP contribution >= 0.6 is 0 Å². The van der Waals surface area contributed by atoms with Gasteiger partial charge in [-0.15, -0.1) is 0 Å². The summed E-state index contributed by atoms with van der Waals surface area (Å²) in [5, 5.41) is 8.41. The zero-order chi connectivity index (χ0) is 5.82. The van der Waals surface area contributed by atoms with Gasteiger partial charge in [0.2, 0.25) is 6.29 Å². The van der Waals surface area contributed by atoms with Gasteiger partial charge in [0.05, 0.1) is 12.9 Å². The van der Waals surface area contributed by atoms with E-state index >= 15 is 0 Å². The van der Waals surface area contributed by atoms with Crippen LogP contribution in [0.3, 0.4) is 0 Å². The van der Waals surface area contributed by atoms with Crippen LogP contribution in [0.15, 0.2) is 12.3 Å². The lowest BCUT2D eigenvalue weighted by Crippen LogP contribution is -2.21. The summed E-state index contributed by atoms with van der Waals surface area (Å²) in [4.78, 5) is 0. The van der Waals surface area contributed by atoms with E-state index in [0.717, 1.165) is 0 Å². The van der Waals surface area contributed by atoms with Crippen molar-refractivity contribution in [1.82, 2.24) is 0 Å². The van der Waals surface area contributed by atoms with E-state index in [1.54, 1.807) is 6.08 Å². The number of hydrogen-bond acceptors (Lipinski definition) is 3. The van der Waals surface area contributed by atoms with Crippen LogP contribution in [0.2, 0.25) is 0 Å². The Balaban J connectivity index is 2.27. The number of aliphatic hydroxyl groups excluding tert-OH is 1. The Morgan fingerprint density at radius 2 is 2.62 bits per heavy atom. The van der Waals surface area contributed by atoms with Gasteiger partial charge < -0.3 is 14.6 Å². The molecule has 3 heteroatoms. The SMILES string of the molecule is OCC1OC=CCO1. The van der Waals surface area contributed by atoms with Crippen molar-refractivity contribution in [1.29, 1.82) is 0 Å². The van der Waals surface area contributed by atoms with E-state index in [1.807, 2.05) is 0 Å². The highest BCUT2D eigenvalue weighted by molar-refractivity contribution is 4.76. The summed E-state index contributed by atoms with van der Waals surface area (Å²) in [5.41, 5.74) is 0. The van der Waals surface area contributed by atoms with Crippen LogP contribution in [0.1, 0.15) is 0 Å². The predicted octanol–water partition coefficient (Wildman–Crippen LogP) is -0.135. The van der Waals surface area contributed by atoms with Gasteiger partial charge in [-0.1, -0.05) is 0 Å². The molecule has 1 aliphatic rings. The molecule has 1 atom stereocenters. The molecule has 1 rings (SSSR count). The minimum Gasteiger partial charge on any atom is -0.470 e. The molecule has 0 saturated carbocycles. The van der Waals surface area contributed by atoms with Crippen molar-refractivity contribution in [3.63, 3.8) is 0 Å². The van der Waals surface area contributed by atoms with Gasteiger partial charge in [-0.25, -0.2) is 0 Å². The lowest BCUT2D eigenvalue weighted by atomic mass is 10.6. The largest absolute Gasteiger partial charge is 0.470 e. The molecule has 0 spiro atoms. The van der Waals surface area contributed by atoms with Gasteiger partial charge in [-0.2, -0.15) is 0 Å². The normalized spacial score (nSPS) is 27.4. The summed E-state index contributed by atoms with van der Waals surface area (Å²) < 4.78 is 9.64. The lowest BCUT2D eigenvalue weighted by Gasteiger charge is -2.16. The summed E-state index contributed by atoms with van der Waals surface area (Å²) in [5.74, 6) is 0. The van der Waals surface area contributed by atoms with Crippen LogP contribution in [-0.2, 0) is 9.47 Å². The second kappa shape index (κ2) is 2.69. The average molecular weight is 116 g/mol. The quantitative estimate of drug-likeness (QED) is 0.518. The van der Waals surface area contributed by atoms with E-state index in [2.05, 4.69) is 0 Å². The molecule has 0 fully saturated rings. The second-order valence-corrected chi connectivity index (χ2v) is 1.45. The number of ether oxygens (including phenoxy) is 2. The van der Waals surface area contributed by atoms with E-state index in [4.69, 9.17) is 14.6 Å². The van der Waals surface area contributed by atoms with Crippen LogP contribution < -0.4 is 0 Å². The topological polar surface area (TPSA) is 38.7 Å². The van der Waals surface area contributed by atoms with Gasteiger partial charge in [0.25, 0.3) is 0 Å². The van der Waals surface area contributed by atoms with E-state index in [9.17, 15) is 0 Å². The molecule has 3 nitrogen and oxygen atoms in total. The third-order valence-corrected chi connectivity index (χ3v) is 0.854. The molecule has 0 aromatic carbocycles. The fraction of sp³-hybridized carbons (Fsp3) is 0.600. The lowest BCUT2D eigenvalue weighted by molar-refractivity contribution is -0.134. The first-order chi connectivity index (χ1) is 3.93. The van der Waals surface area contributed by atoms with Gasteiger partial charge in [0.1, 0.15) is 6.61 Å². The summed E-state index contributed by atoms with van der Waals surface area (Å²) in [7, 11) is 0. The van der Waals surface area contributed by atoms with Gasteiger partial charge in [-0.3, -0.25) is 0 Å². The minimum absolute atomic E-state index is 0.0790. The monoisotopic (exact) mass is 116 g/mol. The van der Waals surface area contributed by atoms with Crippen LogP contribution in [0.25, 0.3) is 0 Å². The number of aliphatic hydroxyl groups is 1.